The normalized spacial score (nSPS) is 22.9. The van der Waals surface area contributed by atoms with Gasteiger partial charge in [0.1, 0.15) is 11.6 Å². The van der Waals surface area contributed by atoms with E-state index in [1.54, 1.807) is 7.05 Å². The van der Waals surface area contributed by atoms with Crippen LogP contribution in [-0.4, -0.2) is 33.0 Å². The highest BCUT2D eigenvalue weighted by atomic mass is 79.9. The Labute approximate surface area is 125 Å². The zero-order chi connectivity index (χ0) is 14.9. The predicted molar refractivity (Wildman–Crippen MR) is 77.4 cm³/mol. The lowest BCUT2D eigenvalue weighted by molar-refractivity contribution is 0.391. The molecule has 0 radical (unpaired) electrons. The van der Waals surface area contributed by atoms with Gasteiger partial charge in [-0.3, -0.25) is 0 Å². The fourth-order valence-corrected chi connectivity index (χ4v) is 4.87. The molecule has 1 aromatic carbocycles. The van der Waals surface area contributed by atoms with Crippen LogP contribution in [0.5, 0.6) is 0 Å². The highest BCUT2D eigenvalue weighted by Gasteiger charge is 2.34. The second-order valence-corrected chi connectivity index (χ2v) is 8.17. The summed E-state index contributed by atoms with van der Waals surface area (Å²) in [6, 6.07) is 2.27. The van der Waals surface area contributed by atoms with E-state index < -0.39 is 21.5 Å². The fourth-order valence-electron chi connectivity index (χ4n) is 2.62. The molecule has 1 N–H and O–H groups in total. The quantitative estimate of drug-likeness (QED) is 0.830. The minimum absolute atomic E-state index is 0.0111. The minimum Gasteiger partial charge on any atom is -0.316 e. The Hall–Kier alpha value is -0.530. The van der Waals surface area contributed by atoms with Crippen LogP contribution in [0.3, 0.4) is 0 Å². The van der Waals surface area contributed by atoms with Crippen molar-refractivity contribution in [3.8, 4) is 0 Å². The zero-order valence-corrected chi connectivity index (χ0v) is 13.4. The van der Waals surface area contributed by atoms with Gasteiger partial charge in [0.15, 0.2) is 9.84 Å². The average molecular weight is 368 g/mol. The van der Waals surface area contributed by atoms with Gasteiger partial charge in [0.2, 0.25) is 0 Å². The van der Waals surface area contributed by atoms with Gasteiger partial charge in [-0.1, -0.05) is 0 Å². The molecule has 2 atom stereocenters. The number of rotatable bonds is 4. The van der Waals surface area contributed by atoms with E-state index in [1.807, 2.05) is 0 Å². The van der Waals surface area contributed by atoms with E-state index in [2.05, 4.69) is 21.2 Å². The summed E-state index contributed by atoms with van der Waals surface area (Å²) in [5, 5.41) is 2.99. The Morgan fingerprint density at radius 2 is 2.15 bits per heavy atom. The summed E-state index contributed by atoms with van der Waals surface area (Å²) in [6.07, 6.45) is 0.666. The molecular weight excluding hydrogens is 352 g/mol. The van der Waals surface area contributed by atoms with Crippen molar-refractivity contribution in [2.24, 2.45) is 5.92 Å². The van der Waals surface area contributed by atoms with Gasteiger partial charge in [0.05, 0.1) is 16.0 Å². The first-order valence-corrected chi connectivity index (χ1v) is 8.95. The number of hydrogen-bond donors (Lipinski definition) is 1. The first-order valence-electron chi connectivity index (χ1n) is 6.34. The molecule has 2 rings (SSSR count). The van der Waals surface area contributed by atoms with Crippen molar-refractivity contribution in [2.75, 3.05) is 18.6 Å². The molecule has 3 nitrogen and oxygen atoms in total. The van der Waals surface area contributed by atoms with Crippen molar-refractivity contribution < 1.29 is 17.2 Å². The molecular formula is C13H16BrF2NO2S. The maximum absolute atomic E-state index is 14.0. The molecule has 1 saturated heterocycles. The standard InChI is InChI=1S/C13H16BrF2NO2S/c1-17-12(8-4-5-20(18,19)7-8)6-9-11(15)3-2-10(14)13(9)16/h2-3,8,12,17H,4-7H2,1H3. The highest BCUT2D eigenvalue weighted by molar-refractivity contribution is 9.10. The Kier molecular flexibility index (Phi) is 4.81. The van der Waals surface area contributed by atoms with Crippen LogP contribution in [0.25, 0.3) is 0 Å². The van der Waals surface area contributed by atoms with Crippen LogP contribution in [0.2, 0.25) is 0 Å². The van der Waals surface area contributed by atoms with Crippen molar-refractivity contribution in [1.29, 1.82) is 0 Å². The molecule has 0 spiro atoms. The lowest BCUT2D eigenvalue weighted by Crippen LogP contribution is -2.36. The molecule has 112 valence electrons. The molecule has 0 bridgehead atoms. The van der Waals surface area contributed by atoms with Crippen LogP contribution < -0.4 is 5.32 Å². The number of sulfone groups is 1. The average Bonchev–Trinajstić information content (AvgIpc) is 2.75. The molecule has 7 heteroatoms. The van der Waals surface area contributed by atoms with Crippen LogP contribution >= 0.6 is 15.9 Å². The van der Waals surface area contributed by atoms with E-state index in [-0.39, 0.29) is 39.9 Å². The van der Waals surface area contributed by atoms with E-state index >= 15 is 0 Å². The lowest BCUT2D eigenvalue weighted by Gasteiger charge is -2.22. The molecule has 1 heterocycles. The minimum atomic E-state index is -3.01. The summed E-state index contributed by atoms with van der Waals surface area (Å²) < 4.78 is 51.0. The third-order valence-electron chi connectivity index (χ3n) is 3.77. The summed E-state index contributed by atoms with van der Waals surface area (Å²) in [6.45, 7) is 0. The van der Waals surface area contributed by atoms with Crippen molar-refractivity contribution in [3.05, 3.63) is 33.8 Å². The summed E-state index contributed by atoms with van der Waals surface area (Å²) in [5.74, 6) is -1.10. The van der Waals surface area contributed by atoms with E-state index in [0.717, 1.165) is 0 Å². The van der Waals surface area contributed by atoms with Crippen LogP contribution in [0.1, 0.15) is 12.0 Å². The van der Waals surface area contributed by atoms with Crippen molar-refractivity contribution in [1.82, 2.24) is 5.32 Å². The van der Waals surface area contributed by atoms with Crippen molar-refractivity contribution in [3.63, 3.8) is 0 Å². The fraction of sp³-hybridized carbons (Fsp3) is 0.538. The van der Waals surface area contributed by atoms with Crippen molar-refractivity contribution in [2.45, 2.75) is 18.9 Å². The molecule has 20 heavy (non-hydrogen) atoms. The van der Waals surface area contributed by atoms with Gasteiger partial charge in [-0.15, -0.1) is 0 Å². The molecule has 1 fully saturated rings. The number of hydrogen-bond acceptors (Lipinski definition) is 3. The molecule has 0 aromatic heterocycles. The summed E-state index contributed by atoms with van der Waals surface area (Å²) in [7, 11) is -1.32. The monoisotopic (exact) mass is 367 g/mol. The van der Waals surface area contributed by atoms with Gasteiger partial charge in [0.25, 0.3) is 0 Å². The zero-order valence-electron chi connectivity index (χ0n) is 11.0. The third-order valence-corrected chi connectivity index (χ3v) is 6.18. The molecule has 0 saturated carbocycles. The van der Waals surface area contributed by atoms with Crippen LogP contribution in [0.4, 0.5) is 8.78 Å². The second kappa shape index (κ2) is 6.07. The SMILES string of the molecule is CNC(Cc1c(F)ccc(Br)c1F)C1CCS(=O)(=O)C1. The number of benzene rings is 1. The lowest BCUT2D eigenvalue weighted by atomic mass is 9.92. The van der Waals surface area contributed by atoms with E-state index in [0.29, 0.717) is 6.42 Å². The second-order valence-electron chi connectivity index (χ2n) is 5.08. The van der Waals surface area contributed by atoms with Crippen LogP contribution in [-0.2, 0) is 16.3 Å². The summed E-state index contributed by atoms with van der Waals surface area (Å²) in [4.78, 5) is 0. The number of nitrogens with one attached hydrogen (secondary N) is 1. The van der Waals surface area contributed by atoms with Gasteiger partial charge in [-0.05, 0) is 53.9 Å². The van der Waals surface area contributed by atoms with E-state index in [9.17, 15) is 17.2 Å². The van der Waals surface area contributed by atoms with Crippen LogP contribution in [0, 0.1) is 17.6 Å². The van der Waals surface area contributed by atoms with Gasteiger partial charge in [-0.25, -0.2) is 17.2 Å². The van der Waals surface area contributed by atoms with Gasteiger partial charge < -0.3 is 5.32 Å². The van der Waals surface area contributed by atoms with E-state index in [4.69, 9.17) is 0 Å². The van der Waals surface area contributed by atoms with E-state index in [1.165, 1.54) is 12.1 Å². The topological polar surface area (TPSA) is 46.2 Å². The first-order chi connectivity index (χ1) is 9.34. The maximum atomic E-state index is 14.0. The molecule has 0 amide bonds. The highest BCUT2D eigenvalue weighted by Crippen LogP contribution is 2.27. The Morgan fingerprint density at radius 3 is 2.70 bits per heavy atom. The number of likely N-dealkylation sites (N-methyl/N-ethyl adjacent to an activating group) is 1. The molecule has 0 aliphatic carbocycles. The molecule has 1 aromatic rings. The Morgan fingerprint density at radius 1 is 1.45 bits per heavy atom. The van der Waals surface area contributed by atoms with Crippen molar-refractivity contribution >= 4 is 25.8 Å². The van der Waals surface area contributed by atoms with Crippen LogP contribution in [0.15, 0.2) is 16.6 Å². The Balaban J connectivity index is 2.21. The number of halogens is 3. The smallest absolute Gasteiger partial charge is 0.150 e. The predicted octanol–water partition coefficient (Wildman–Crippen LogP) is 2.29. The maximum Gasteiger partial charge on any atom is 0.150 e. The summed E-state index contributed by atoms with van der Waals surface area (Å²) >= 11 is 3.04. The van der Waals surface area contributed by atoms with Gasteiger partial charge in [0, 0.05) is 11.6 Å². The van der Waals surface area contributed by atoms with Gasteiger partial charge in [-0.2, -0.15) is 0 Å². The largest absolute Gasteiger partial charge is 0.316 e. The van der Waals surface area contributed by atoms with Gasteiger partial charge >= 0.3 is 0 Å². The molecule has 1 aliphatic rings. The summed E-state index contributed by atoms with van der Waals surface area (Å²) in [5.41, 5.74) is -0.0111. The molecule has 2 unspecified atom stereocenters. The Bertz CT molecular complexity index is 607. The molecule has 1 aliphatic heterocycles. The first kappa shape index (κ1) is 15.9. The third kappa shape index (κ3) is 3.38.